The maximum absolute atomic E-state index is 13.7. The number of aromatic nitrogens is 1. The average molecular weight is 450 g/mol. The zero-order chi connectivity index (χ0) is 23.6. The Morgan fingerprint density at radius 2 is 1.68 bits per heavy atom. The standard InChI is InChI=1S/C20H27N5O5S/c1-13-10-14(12-23-11-13)18(26)24(17-15(29-5)8-7-9-16(17)30-6)25(19(21)22)31(27,28)20(2,3)4/h7-12H,1-6H3,(H3,21,22). The lowest BCUT2D eigenvalue weighted by molar-refractivity contribution is 0.0956. The number of benzene rings is 1. The number of ether oxygens (including phenoxy) is 2. The van der Waals surface area contributed by atoms with E-state index in [0.29, 0.717) is 9.98 Å². The number of pyridine rings is 1. The van der Waals surface area contributed by atoms with Crippen molar-refractivity contribution in [1.82, 2.24) is 9.40 Å². The fourth-order valence-corrected chi connectivity index (χ4v) is 3.86. The molecule has 0 saturated carbocycles. The molecule has 31 heavy (non-hydrogen) atoms. The Morgan fingerprint density at radius 3 is 2.10 bits per heavy atom. The molecule has 2 rings (SSSR count). The molecule has 0 unspecified atom stereocenters. The number of carbonyl (C=O) groups is 1. The van der Waals surface area contributed by atoms with E-state index in [1.807, 2.05) is 0 Å². The van der Waals surface area contributed by atoms with Crippen molar-refractivity contribution < 1.29 is 22.7 Å². The molecule has 0 spiro atoms. The Labute approximate surface area is 182 Å². The highest BCUT2D eigenvalue weighted by Crippen LogP contribution is 2.41. The SMILES string of the molecule is COc1cccc(OC)c1N(C(=O)c1cncc(C)c1)N(C(=N)N)S(=O)(=O)C(C)(C)C. The van der Waals surface area contributed by atoms with Gasteiger partial charge in [-0.25, -0.2) is 8.42 Å². The summed E-state index contributed by atoms with van der Waals surface area (Å²) in [6, 6.07) is 6.24. The summed E-state index contributed by atoms with van der Waals surface area (Å²) in [6.07, 6.45) is 2.85. The number of nitrogens with two attached hydrogens (primary N) is 1. The van der Waals surface area contributed by atoms with Gasteiger partial charge >= 0.3 is 0 Å². The topological polar surface area (TPSA) is 139 Å². The monoisotopic (exact) mass is 449 g/mol. The number of hydrazine groups is 1. The zero-order valence-corrected chi connectivity index (χ0v) is 19.1. The second-order valence-electron chi connectivity index (χ2n) is 7.62. The van der Waals surface area contributed by atoms with Crippen LogP contribution in [0.2, 0.25) is 0 Å². The fraction of sp³-hybridized carbons (Fsp3) is 0.350. The summed E-state index contributed by atoms with van der Waals surface area (Å²) in [5.74, 6) is -1.38. The van der Waals surface area contributed by atoms with Gasteiger partial charge in [-0.3, -0.25) is 15.2 Å². The maximum Gasteiger partial charge on any atom is 0.279 e. The molecule has 0 fully saturated rings. The van der Waals surface area contributed by atoms with Crippen LogP contribution in [0.15, 0.2) is 36.7 Å². The summed E-state index contributed by atoms with van der Waals surface area (Å²) < 4.78 is 36.7. The molecule has 0 saturated heterocycles. The second kappa shape index (κ2) is 8.80. The van der Waals surface area contributed by atoms with Crippen molar-refractivity contribution in [2.24, 2.45) is 5.73 Å². The van der Waals surface area contributed by atoms with E-state index in [1.54, 1.807) is 25.3 Å². The average Bonchev–Trinajstić information content (AvgIpc) is 2.69. The van der Waals surface area contributed by atoms with Crippen LogP contribution < -0.4 is 20.2 Å². The van der Waals surface area contributed by atoms with Crippen LogP contribution in [-0.2, 0) is 10.0 Å². The van der Waals surface area contributed by atoms with Gasteiger partial charge in [-0.05, 0) is 51.5 Å². The summed E-state index contributed by atoms with van der Waals surface area (Å²) in [5.41, 5.74) is 6.47. The van der Waals surface area contributed by atoms with E-state index < -0.39 is 26.6 Å². The van der Waals surface area contributed by atoms with Crippen molar-refractivity contribution in [3.05, 3.63) is 47.8 Å². The zero-order valence-electron chi connectivity index (χ0n) is 18.3. The summed E-state index contributed by atoms with van der Waals surface area (Å²) in [5, 5.41) is 8.83. The molecule has 168 valence electrons. The molecule has 0 atom stereocenters. The smallest absolute Gasteiger partial charge is 0.279 e. The van der Waals surface area contributed by atoms with Crippen molar-refractivity contribution in [2.75, 3.05) is 19.2 Å². The molecule has 3 N–H and O–H groups in total. The van der Waals surface area contributed by atoms with Crippen LogP contribution in [0.5, 0.6) is 11.5 Å². The molecule has 2 aromatic rings. The Balaban J connectivity index is 2.93. The van der Waals surface area contributed by atoms with Gasteiger partial charge in [0.15, 0.2) is 5.69 Å². The van der Waals surface area contributed by atoms with Crippen molar-refractivity contribution in [1.29, 1.82) is 5.41 Å². The van der Waals surface area contributed by atoms with Gasteiger partial charge in [0, 0.05) is 12.4 Å². The molecule has 1 amide bonds. The van der Waals surface area contributed by atoms with Crippen molar-refractivity contribution in [2.45, 2.75) is 32.4 Å². The van der Waals surface area contributed by atoms with Gasteiger partial charge in [-0.15, -0.1) is 4.41 Å². The van der Waals surface area contributed by atoms with Crippen molar-refractivity contribution in [3.63, 3.8) is 0 Å². The van der Waals surface area contributed by atoms with Crippen LogP contribution in [0.4, 0.5) is 5.69 Å². The highest BCUT2D eigenvalue weighted by molar-refractivity contribution is 7.91. The van der Waals surface area contributed by atoms with E-state index in [-0.39, 0.29) is 22.7 Å². The predicted octanol–water partition coefficient (Wildman–Crippen LogP) is 2.29. The predicted molar refractivity (Wildman–Crippen MR) is 118 cm³/mol. The molecule has 0 bridgehead atoms. The number of sulfonamides is 1. The third-order valence-electron chi connectivity index (χ3n) is 4.32. The number of nitrogens with one attached hydrogen (secondary N) is 1. The highest BCUT2D eigenvalue weighted by atomic mass is 32.2. The molecule has 0 aliphatic heterocycles. The fourth-order valence-electron chi connectivity index (χ4n) is 2.71. The lowest BCUT2D eigenvalue weighted by Gasteiger charge is -2.38. The van der Waals surface area contributed by atoms with Crippen molar-refractivity contribution >= 4 is 27.6 Å². The summed E-state index contributed by atoms with van der Waals surface area (Å²) in [4.78, 5) is 17.7. The first-order valence-electron chi connectivity index (χ1n) is 9.22. The number of methoxy groups -OCH3 is 2. The molecule has 0 radical (unpaired) electrons. The number of rotatable bonds is 5. The first kappa shape index (κ1) is 23.9. The lowest BCUT2D eigenvalue weighted by Crippen LogP contribution is -2.59. The van der Waals surface area contributed by atoms with Crippen LogP contribution in [0, 0.1) is 12.3 Å². The van der Waals surface area contributed by atoms with E-state index in [0.717, 1.165) is 5.01 Å². The van der Waals surface area contributed by atoms with Crippen LogP contribution >= 0.6 is 0 Å². The Morgan fingerprint density at radius 1 is 1.13 bits per heavy atom. The number of amides is 1. The number of anilines is 1. The minimum atomic E-state index is -4.34. The molecule has 0 aliphatic rings. The Bertz CT molecular complexity index is 1070. The molecule has 11 heteroatoms. The quantitative estimate of drug-likeness (QED) is 0.405. The number of hydrogen-bond donors (Lipinski definition) is 2. The molecule has 1 aromatic carbocycles. The highest BCUT2D eigenvalue weighted by Gasteiger charge is 2.44. The normalized spacial score (nSPS) is 11.5. The number of para-hydroxylation sites is 1. The lowest BCUT2D eigenvalue weighted by atomic mass is 10.2. The van der Waals surface area contributed by atoms with Crippen LogP contribution in [0.1, 0.15) is 36.7 Å². The van der Waals surface area contributed by atoms with E-state index in [1.165, 1.54) is 53.3 Å². The van der Waals surface area contributed by atoms with Gasteiger partial charge < -0.3 is 15.2 Å². The number of nitrogens with zero attached hydrogens (tertiary/aromatic N) is 3. The third-order valence-corrected chi connectivity index (χ3v) is 6.68. The van der Waals surface area contributed by atoms with Gasteiger partial charge in [0.2, 0.25) is 5.96 Å². The molecule has 1 aromatic heterocycles. The molecular formula is C20H27N5O5S. The van der Waals surface area contributed by atoms with Crippen LogP contribution in [0.25, 0.3) is 0 Å². The van der Waals surface area contributed by atoms with E-state index in [9.17, 15) is 13.2 Å². The molecular weight excluding hydrogens is 422 g/mol. The van der Waals surface area contributed by atoms with Crippen molar-refractivity contribution in [3.8, 4) is 11.5 Å². The van der Waals surface area contributed by atoms with Crippen LogP contribution in [0.3, 0.4) is 0 Å². The number of hydrogen-bond acceptors (Lipinski definition) is 7. The number of aryl methyl sites for hydroxylation is 1. The van der Waals surface area contributed by atoms with E-state index in [4.69, 9.17) is 20.6 Å². The largest absolute Gasteiger partial charge is 0.494 e. The maximum atomic E-state index is 13.7. The summed E-state index contributed by atoms with van der Waals surface area (Å²) >= 11 is 0. The number of guanidine groups is 1. The van der Waals surface area contributed by atoms with Gasteiger partial charge in [-0.1, -0.05) is 6.07 Å². The molecule has 0 aliphatic carbocycles. The first-order chi connectivity index (χ1) is 14.4. The van der Waals surface area contributed by atoms with Gasteiger partial charge in [0.05, 0.1) is 24.5 Å². The Kier molecular flexibility index (Phi) is 6.80. The summed E-state index contributed by atoms with van der Waals surface area (Å²) in [7, 11) is -1.61. The first-order valence-corrected chi connectivity index (χ1v) is 10.7. The van der Waals surface area contributed by atoms with Gasteiger partial charge in [0.25, 0.3) is 15.9 Å². The molecule has 10 nitrogen and oxygen atoms in total. The van der Waals surface area contributed by atoms with Gasteiger partial charge in [0.1, 0.15) is 11.5 Å². The van der Waals surface area contributed by atoms with E-state index >= 15 is 0 Å². The number of carbonyl (C=O) groups excluding carboxylic acids is 1. The van der Waals surface area contributed by atoms with Crippen LogP contribution in [-0.4, -0.2) is 48.6 Å². The second-order valence-corrected chi connectivity index (χ2v) is 10.1. The third kappa shape index (κ3) is 4.55. The molecule has 1 heterocycles. The minimum absolute atomic E-state index is 0.0259. The minimum Gasteiger partial charge on any atom is -0.494 e. The summed E-state index contributed by atoms with van der Waals surface area (Å²) in [6.45, 7) is 6.06. The van der Waals surface area contributed by atoms with Gasteiger partial charge in [-0.2, -0.15) is 5.01 Å². The Hall–Kier alpha value is -3.34. The van der Waals surface area contributed by atoms with E-state index in [2.05, 4.69) is 4.98 Å².